The smallest absolute Gasteiger partial charge is 0.417 e. The first-order valence-corrected chi connectivity index (χ1v) is 14.5. The van der Waals surface area contributed by atoms with Crippen molar-refractivity contribution in [2.24, 2.45) is 0 Å². The Bertz CT molecular complexity index is 1470. The monoisotopic (exact) mass is 616 g/mol. The van der Waals surface area contributed by atoms with Gasteiger partial charge in [-0.2, -0.15) is 18.4 Å². The Morgan fingerprint density at radius 3 is 2.28 bits per heavy atom. The molecule has 0 radical (unpaired) electrons. The number of hydrogen-bond acceptors (Lipinski definition) is 6. The van der Waals surface area contributed by atoms with Crippen LogP contribution in [-0.4, -0.2) is 52.3 Å². The predicted octanol–water partition coefficient (Wildman–Crippen LogP) is 6.83. The Balaban J connectivity index is 1.55. The summed E-state index contributed by atoms with van der Waals surface area (Å²) >= 11 is 5.67. The molecule has 43 heavy (non-hydrogen) atoms. The number of ether oxygens (including phenoxy) is 2. The second-order valence-electron chi connectivity index (χ2n) is 12.1. The average Bonchev–Trinajstić information content (AvgIpc) is 3.10. The third kappa shape index (κ3) is 6.56. The lowest BCUT2D eigenvalue weighted by molar-refractivity contribution is -0.137. The van der Waals surface area contributed by atoms with Gasteiger partial charge >= 0.3 is 12.3 Å². The normalized spacial score (nSPS) is 17.7. The molecule has 230 valence electrons. The highest BCUT2D eigenvalue weighted by Crippen LogP contribution is 2.41. The fourth-order valence-electron chi connectivity index (χ4n) is 5.22. The molecule has 0 saturated carbocycles. The van der Waals surface area contributed by atoms with E-state index < -0.39 is 34.4 Å². The molecule has 12 heteroatoms. The van der Waals surface area contributed by atoms with Crippen LogP contribution in [0.4, 0.5) is 29.3 Å². The van der Waals surface area contributed by atoms with E-state index in [-0.39, 0.29) is 23.0 Å². The van der Waals surface area contributed by atoms with Crippen LogP contribution in [0.5, 0.6) is 5.75 Å². The third-order valence-corrected chi connectivity index (χ3v) is 7.79. The van der Waals surface area contributed by atoms with Gasteiger partial charge in [-0.25, -0.2) is 4.79 Å². The number of alkyl halides is 3. The molecule has 0 aliphatic carbocycles. The lowest BCUT2D eigenvalue weighted by atomic mass is 10.0. The van der Waals surface area contributed by atoms with Crippen LogP contribution >= 0.6 is 12.2 Å². The first-order chi connectivity index (χ1) is 20.0. The zero-order valence-corrected chi connectivity index (χ0v) is 25.9. The molecule has 2 aliphatic heterocycles. The van der Waals surface area contributed by atoms with Crippen LogP contribution in [0.3, 0.4) is 0 Å². The molecule has 0 unspecified atom stereocenters. The van der Waals surface area contributed by atoms with Gasteiger partial charge in [0, 0.05) is 31.6 Å². The molecule has 0 spiro atoms. The van der Waals surface area contributed by atoms with Crippen molar-refractivity contribution in [3.05, 3.63) is 53.1 Å². The van der Waals surface area contributed by atoms with E-state index in [1.165, 1.54) is 6.07 Å². The zero-order valence-electron chi connectivity index (χ0n) is 25.0. The number of aryl methyl sites for hydroxylation is 1. The molecule has 8 nitrogen and oxygen atoms in total. The van der Waals surface area contributed by atoms with Crippen LogP contribution in [-0.2, 0) is 22.1 Å². The number of amides is 2. The second-order valence-corrected chi connectivity index (χ2v) is 12.5. The van der Waals surface area contributed by atoms with Crippen LogP contribution in [0, 0.1) is 11.3 Å². The molecule has 2 heterocycles. The molecule has 0 atom stereocenters. The van der Waals surface area contributed by atoms with Crippen LogP contribution in [0.2, 0.25) is 0 Å². The number of benzene rings is 2. The summed E-state index contributed by atoms with van der Waals surface area (Å²) in [6.45, 7) is 11.8. The summed E-state index contributed by atoms with van der Waals surface area (Å²) in [6.07, 6.45) is -3.33. The molecule has 0 aromatic heterocycles. The number of nitriles is 1. The topological polar surface area (TPSA) is 86.1 Å². The van der Waals surface area contributed by atoms with Crippen molar-refractivity contribution in [3.8, 4) is 11.8 Å². The number of piperidine rings is 1. The maximum absolute atomic E-state index is 13.7. The first-order valence-electron chi connectivity index (χ1n) is 14.1. The second kappa shape index (κ2) is 11.7. The lowest BCUT2D eigenvalue weighted by Crippen LogP contribution is -2.44. The summed E-state index contributed by atoms with van der Waals surface area (Å²) in [5.41, 5.74) is -2.04. The standard InChI is InChI=1S/C31H35F3N4O4S/c1-7-19-16-22(10-11-25(19)41-23-12-14-36(15-13-23)28(40)42-29(2,3)4)38-27(43)37(26(39)30(38,5)6)21-9-8-20(18-35)24(17-21)31(32,33)34/h8-11,16-17,23H,7,12-15H2,1-6H3. The van der Waals surface area contributed by atoms with Crippen molar-refractivity contribution in [1.82, 2.24) is 4.90 Å². The zero-order chi connectivity index (χ0) is 31.9. The van der Waals surface area contributed by atoms with Gasteiger partial charge in [-0.1, -0.05) is 6.92 Å². The molecule has 2 amide bonds. The number of hydrogen-bond donors (Lipinski definition) is 0. The Labute approximate surface area is 254 Å². The van der Waals surface area contributed by atoms with E-state index in [1.54, 1.807) is 35.8 Å². The van der Waals surface area contributed by atoms with Crippen LogP contribution in [0.1, 0.15) is 71.1 Å². The van der Waals surface area contributed by atoms with Gasteiger partial charge in [-0.15, -0.1) is 0 Å². The van der Waals surface area contributed by atoms with Crippen LogP contribution in [0.15, 0.2) is 36.4 Å². The quantitative estimate of drug-likeness (QED) is 0.340. The molecular weight excluding hydrogens is 581 g/mol. The minimum atomic E-state index is -4.78. The van der Waals surface area contributed by atoms with E-state index in [4.69, 9.17) is 27.0 Å². The van der Waals surface area contributed by atoms with Crippen molar-refractivity contribution in [3.63, 3.8) is 0 Å². The van der Waals surface area contributed by atoms with Crippen molar-refractivity contribution >= 4 is 40.7 Å². The highest BCUT2D eigenvalue weighted by molar-refractivity contribution is 7.81. The predicted molar refractivity (Wildman–Crippen MR) is 160 cm³/mol. The van der Waals surface area contributed by atoms with E-state index in [2.05, 4.69) is 0 Å². The fourth-order valence-corrected chi connectivity index (χ4v) is 5.74. The van der Waals surface area contributed by atoms with Crippen LogP contribution < -0.4 is 14.5 Å². The highest BCUT2D eigenvalue weighted by atomic mass is 32.1. The maximum Gasteiger partial charge on any atom is 0.417 e. The SMILES string of the molecule is CCc1cc(N2C(=S)N(c3ccc(C#N)c(C(F)(F)F)c3)C(=O)C2(C)C)ccc1OC1CCN(C(=O)OC(C)(C)C)CC1. The van der Waals surface area contributed by atoms with Gasteiger partial charge in [0.25, 0.3) is 5.91 Å². The molecular formula is C31H35F3N4O4S. The fraction of sp³-hybridized carbons (Fsp3) is 0.484. The van der Waals surface area contributed by atoms with E-state index in [0.717, 1.165) is 22.6 Å². The highest BCUT2D eigenvalue weighted by Gasteiger charge is 2.51. The Morgan fingerprint density at radius 2 is 1.72 bits per heavy atom. The average molecular weight is 617 g/mol. The summed E-state index contributed by atoms with van der Waals surface area (Å²) in [5, 5.41) is 9.19. The van der Waals surface area contributed by atoms with Gasteiger partial charge in [-0.3, -0.25) is 9.69 Å². The maximum atomic E-state index is 13.7. The van der Waals surface area contributed by atoms with Gasteiger partial charge in [0.05, 0.1) is 22.9 Å². The third-order valence-electron chi connectivity index (χ3n) is 7.43. The summed E-state index contributed by atoms with van der Waals surface area (Å²) < 4.78 is 52.8. The van der Waals surface area contributed by atoms with E-state index in [9.17, 15) is 22.8 Å². The van der Waals surface area contributed by atoms with Crippen molar-refractivity contribution in [2.45, 2.75) is 84.2 Å². The molecule has 2 aliphatic rings. The van der Waals surface area contributed by atoms with Crippen molar-refractivity contribution in [1.29, 1.82) is 5.26 Å². The minimum Gasteiger partial charge on any atom is -0.490 e. The number of halogens is 3. The molecule has 2 saturated heterocycles. The molecule has 0 N–H and O–H groups in total. The summed E-state index contributed by atoms with van der Waals surface area (Å²) in [7, 11) is 0. The molecule has 2 aromatic carbocycles. The van der Waals surface area contributed by atoms with Crippen LogP contribution in [0.25, 0.3) is 0 Å². The number of carbonyl (C=O) groups is 2. The lowest BCUT2D eigenvalue weighted by Gasteiger charge is -2.34. The first kappa shape index (κ1) is 32.1. The number of thiocarbonyl (C=S) groups is 1. The van der Waals surface area contributed by atoms with Gasteiger partial charge < -0.3 is 19.3 Å². The Morgan fingerprint density at radius 1 is 1.09 bits per heavy atom. The molecule has 2 fully saturated rings. The van der Waals surface area contributed by atoms with E-state index in [1.807, 2.05) is 39.8 Å². The Kier molecular flexibility index (Phi) is 8.71. The number of anilines is 2. The van der Waals surface area contributed by atoms with Gasteiger partial charge in [0.1, 0.15) is 23.0 Å². The number of nitrogens with zero attached hydrogens (tertiary/aromatic N) is 4. The van der Waals surface area contributed by atoms with Crippen molar-refractivity contribution in [2.75, 3.05) is 22.9 Å². The van der Waals surface area contributed by atoms with E-state index in [0.29, 0.717) is 43.8 Å². The van der Waals surface area contributed by atoms with Crippen molar-refractivity contribution < 1.29 is 32.2 Å². The van der Waals surface area contributed by atoms with Gasteiger partial charge in [0.15, 0.2) is 5.11 Å². The van der Waals surface area contributed by atoms with E-state index >= 15 is 0 Å². The van der Waals surface area contributed by atoms with Gasteiger partial charge in [0.2, 0.25) is 0 Å². The summed E-state index contributed by atoms with van der Waals surface area (Å²) in [6, 6.07) is 10.1. The Hall–Kier alpha value is -3.85. The number of likely N-dealkylation sites (tertiary alicyclic amines) is 1. The minimum absolute atomic E-state index is 0.0260. The largest absolute Gasteiger partial charge is 0.490 e. The summed E-state index contributed by atoms with van der Waals surface area (Å²) in [4.78, 5) is 30.4. The molecule has 2 aromatic rings. The molecule has 0 bridgehead atoms. The number of carbonyl (C=O) groups excluding carboxylic acids is 2. The summed E-state index contributed by atoms with van der Waals surface area (Å²) in [5.74, 6) is 0.181. The number of rotatable bonds is 5. The van der Waals surface area contributed by atoms with Gasteiger partial charge in [-0.05, 0) is 95.2 Å². The molecule has 4 rings (SSSR count).